The molecular weight excluding hydrogens is 335 g/mol. The standard InChI is InChI=1S/C20H23FN2O3/c1-20(2,3)26-19(25)23-17(12-14-8-4-5-10-16(14)21)18(24)13-15-9-6-7-11-22-15/h4-11,17H,12-13H2,1-3H3,(H,23,25). The van der Waals surface area contributed by atoms with Gasteiger partial charge >= 0.3 is 6.09 Å². The van der Waals surface area contributed by atoms with E-state index >= 15 is 0 Å². The van der Waals surface area contributed by atoms with E-state index in [-0.39, 0.29) is 18.6 Å². The van der Waals surface area contributed by atoms with Crippen LogP contribution in [0.4, 0.5) is 9.18 Å². The van der Waals surface area contributed by atoms with Gasteiger partial charge in [-0.15, -0.1) is 0 Å². The van der Waals surface area contributed by atoms with E-state index in [1.165, 1.54) is 6.07 Å². The lowest BCUT2D eigenvalue weighted by Gasteiger charge is -2.23. The molecule has 0 aliphatic heterocycles. The van der Waals surface area contributed by atoms with Crippen LogP contribution in [0, 0.1) is 5.82 Å². The van der Waals surface area contributed by atoms with E-state index in [9.17, 15) is 14.0 Å². The van der Waals surface area contributed by atoms with Gasteiger partial charge in [-0.25, -0.2) is 9.18 Å². The highest BCUT2D eigenvalue weighted by molar-refractivity contribution is 5.89. The van der Waals surface area contributed by atoms with Crippen molar-refractivity contribution in [2.24, 2.45) is 0 Å². The van der Waals surface area contributed by atoms with Crippen molar-refractivity contribution in [3.63, 3.8) is 0 Å². The summed E-state index contributed by atoms with van der Waals surface area (Å²) in [4.78, 5) is 28.9. The molecule has 6 heteroatoms. The molecule has 138 valence electrons. The smallest absolute Gasteiger partial charge is 0.408 e. The molecule has 1 unspecified atom stereocenters. The van der Waals surface area contributed by atoms with Gasteiger partial charge in [-0.1, -0.05) is 24.3 Å². The Labute approximate surface area is 152 Å². The van der Waals surface area contributed by atoms with E-state index in [0.29, 0.717) is 11.3 Å². The number of ether oxygens (including phenoxy) is 1. The van der Waals surface area contributed by atoms with Crippen molar-refractivity contribution in [1.82, 2.24) is 10.3 Å². The summed E-state index contributed by atoms with van der Waals surface area (Å²) in [5.41, 5.74) is 0.237. The van der Waals surface area contributed by atoms with Gasteiger partial charge in [-0.2, -0.15) is 0 Å². The summed E-state index contributed by atoms with van der Waals surface area (Å²) >= 11 is 0. The number of rotatable bonds is 6. The molecule has 1 atom stereocenters. The number of pyridine rings is 1. The van der Waals surface area contributed by atoms with Crippen LogP contribution in [0.3, 0.4) is 0 Å². The number of carbonyl (C=O) groups excluding carboxylic acids is 2. The Morgan fingerprint density at radius 2 is 1.85 bits per heavy atom. The molecule has 1 amide bonds. The number of carbonyl (C=O) groups is 2. The fraction of sp³-hybridized carbons (Fsp3) is 0.350. The molecule has 1 N–H and O–H groups in total. The molecule has 26 heavy (non-hydrogen) atoms. The van der Waals surface area contributed by atoms with Gasteiger partial charge in [0.05, 0.1) is 12.5 Å². The Morgan fingerprint density at radius 3 is 2.46 bits per heavy atom. The average molecular weight is 358 g/mol. The van der Waals surface area contributed by atoms with Crippen LogP contribution in [0.25, 0.3) is 0 Å². The van der Waals surface area contributed by atoms with Crippen molar-refractivity contribution in [2.45, 2.75) is 45.3 Å². The Hall–Kier alpha value is -2.76. The first-order valence-electron chi connectivity index (χ1n) is 8.40. The van der Waals surface area contributed by atoms with Crippen LogP contribution >= 0.6 is 0 Å². The fourth-order valence-corrected chi connectivity index (χ4v) is 2.38. The Kier molecular flexibility index (Phi) is 6.44. The maximum atomic E-state index is 14.0. The zero-order valence-corrected chi connectivity index (χ0v) is 15.2. The number of benzene rings is 1. The van der Waals surface area contributed by atoms with Crippen molar-refractivity contribution in [3.05, 3.63) is 65.7 Å². The van der Waals surface area contributed by atoms with Gasteiger partial charge in [-0.3, -0.25) is 9.78 Å². The number of hydrogen-bond acceptors (Lipinski definition) is 4. The Bertz CT molecular complexity index is 757. The summed E-state index contributed by atoms with van der Waals surface area (Å²) < 4.78 is 19.2. The molecule has 1 aromatic heterocycles. The minimum absolute atomic E-state index is 0.0375. The molecule has 5 nitrogen and oxygen atoms in total. The number of hydrogen-bond donors (Lipinski definition) is 1. The van der Waals surface area contributed by atoms with Crippen LogP contribution in [0.2, 0.25) is 0 Å². The molecule has 2 aromatic rings. The highest BCUT2D eigenvalue weighted by atomic mass is 19.1. The second-order valence-electron chi connectivity index (χ2n) is 6.96. The van der Waals surface area contributed by atoms with E-state index in [1.807, 2.05) is 0 Å². The number of nitrogens with one attached hydrogen (secondary N) is 1. The predicted molar refractivity (Wildman–Crippen MR) is 96.2 cm³/mol. The largest absolute Gasteiger partial charge is 0.444 e. The summed E-state index contributed by atoms with van der Waals surface area (Å²) in [5, 5.41) is 2.56. The molecular formula is C20H23FN2O3. The monoisotopic (exact) mass is 358 g/mol. The first kappa shape index (κ1) is 19.6. The van der Waals surface area contributed by atoms with Crippen LogP contribution in [-0.2, 0) is 22.4 Å². The van der Waals surface area contributed by atoms with E-state index in [0.717, 1.165) is 0 Å². The third kappa shape index (κ3) is 6.27. The second kappa shape index (κ2) is 8.56. The summed E-state index contributed by atoms with van der Waals surface area (Å²) in [6.07, 6.45) is 0.955. The van der Waals surface area contributed by atoms with Crippen LogP contribution < -0.4 is 5.32 Å². The lowest BCUT2D eigenvalue weighted by atomic mass is 9.99. The number of nitrogens with zero attached hydrogens (tertiary/aromatic N) is 1. The lowest BCUT2D eigenvalue weighted by Crippen LogP contribution is -2.45. The van der Waals surface area contributed by atoms with Gasteiger partial charge in [-0.05, 0) is 44.5 Å². The Morgan fingerprint density at radius 1 is 1.15 bits per heavy atom. The molecule has 0 aliphatic rings. The second-order valence-corrected chi connectivity index (χ2v) is 6.96. The predicted octanol–water partition coefficient (Wildman–Crippen LogP) is 3.47. The van der Waals surface area contributed by atoms with E-state index in [2.05, 4.69) is 10.3 Å². The van der Waals surface area contributed by atoms with E-state index in [4.69, 9.17) is 4.74 Å². The molecule has 0 spiro atoms. The summed E-state index contributed by atoms with van der Waals surface area (Å²) in [5.74, 6) is -0.688. The van der Waals surface area contributed by atoms with Gasteiger partial charge in [0.25, 0.3) is 0 Å². The Balaban J connectivity index is 2.16. The van der Waals surface area contributed by atoms with Crippen LogP contribution in [0.5, 0.6) is 0 Å². The van der Waals surface area contributed by atoms with E-state index in [1.54, 1.807) is 63.4 Å². The van der Waals surface area contributed by atoms with Crippen molar-refractivity contribution in [3.8, 4) is 0 Å². The van der Waals surface area contributed by atoms with Crippen molar-refractivity contribution >= 4 is 11.9 Å². The topological polar surface area (TPSA) is 68.3 Å². The SMILES string of the molecule is CC(C)(C)OC(=O)NC(Cc1ccccc1F)C(=O)Cc1ccccn1. The highest BCUT2D eigenvalue weighted by Crippen LogP contribution is 2.13. The molecule has 2 rings (SSSR count). The normalized spacial score (nSPS) is 12.3. The molecule has 0 fully saturated rings. The number of ketones is 1. The highest BCUT2D eigenvalue weighted by Gasteiger charge is 2.25. The molecule has 1 aromatic carbocycles. The summed E-state index contributed by atoms with van der Waals surface area (Å²) in [6, 6.07) is 10.5. The number of Topliss-reactive ketones (excluding diaryl/α,β-unsaturated/α-hetero) is 1. The fourth-order valence-electron chi connectivity index (χ4n) is 2.38. The third-order valence-corrected chi connectivity index (χ3v) is 3.54. The first-order chi connectivity index (χ1) is 12.2. The number of amides is 1. The van der Waals surface area contributed by atoms with Gasteiger partial charge in [0.2, 0.25) is 0 Å². The minimum atomic E-state index is -0.913. The zero-order chi connectivity index (χ0) is 19.2. The van der Waals surface area contributed by atoms with Crippen molar-refractivity contribution in [2.75, 3.05) is 0 Å². The number of alkyl carbamates (subject to hydrolysis) is 1. The molecule has 0 saturated heterocycles. The zero-order valence-electron chi connectivity index (χ0n) is 15.2. The third-order valence-electron chi connectivity index (χ3n) is 3.54. The molecule has 0 aliphatic carbocycles. The maximum absolute atomic E-state index is 14.0. The number of halogens is 1. The average Bonchev–Trinajstić information content (AvgIpc) is 2.55. The number of aromatic nitrogens is 1. The summed E-state index contributed by atoms with van der Waals surface area (Å²) in [6.45, 7) is 5.19. The molecule has 0 bridgehead atoms. The van der Waals surface area contributed by atoms with Crippen LogP contribution in [0.15, 0.2) is 48.7 Å². The quantitative estimate of drug-likeness (QED) is 0.858. The molecule has 0 saturated carbocycles. The lowest BCUT2D eigenvalue weighted by molar-refractivity contribution is -0.120. The van der Waals surface area contributed by atoms with Crippen molar-refractivity contribution in [1.29, 1.82) is 0 Å². The van der Waals surface area contributed by atoms with Gasteiger partial charge in [0, 0.05) is 18.3 Å². The first-order valence-corrected chi connectivity index (χ1v) is 8.40. The minimum Gasteiger partial charge on any atom is -0.444 e. The molecule has 1 heterocycles. The maximum Gasteiger partial charge on any atom is 0.408 e. The summed E-state index contributed by atoms with van der Waals surface area (Å²) in [7, 11) is 0. The van der Waals surface area contributed by atoms with Gasteiger partial charge in [0.15, 0.2) is 5.78 Å². The van der Waals surface area contributed by atoms with Crippen LogP contribution in [0.1, 0.15) is 32.0 Å². The van der Waals surface area contributed by atoms with E-state index < -0.39 is 23.6 Å². The molecule has 0 radical (unpaired) electrons. The van der Waals surface area contributed by atoms with Gasteiger partial charge in [0.1, 0.15) is 11.4 Å². The van der Waals surface area contributed by atoms with Crippen LogP contribution in [-0.4, -0.2) is 28.5 Å². The van der Waals surface area contributed by atoms with Gasteiger partial charge < -0.3 is 10.1 Å². The van der Waals surface area contributed by atoms with Crippen molar-refractivity contribution < 1.29 is 18.7 Å².